The van der Waals surface area contributed by atoms with E-state index < -0.39 is 0 Å². The third-order valence-electron chi connectivity index (χ3n) is 7.22. The van der Waals surface area contributed by atoms with E-state index in [-0.39, 0.29) is 0 Å². The summed E-state index contributed by atoms with van der Waals surface area (Å²) in [6.45, 7) is 18.4. The number of aromatic nitrogens is 2. The molecule has 2 aliphatic heterocycles. The number of benzene rings is 1. The molecular formula is C27H38N6. The van der Waals surface area contributed by atoms with Crippen LogP contribution in [-0.2, 0) is 6.54 Å². The lowest BCUT2D eigenvalue weighted by atomic mass is 9.84. The molecule has 0 bridgehead atoms. The number of aryl methyl sites for hydroxylation is 3. The fourth-order valence-corrected chi connectivity index (χ4v) is 5.43. The molecule has 33 heavy (non-hydrogen) atoms. The summed E-state index contributed by atoms with van der Waals surface area (Å²) < 4.78 is 0. The molecule has 2 saturated heterocycles. The molecule has 1 aromatic heterocycles. The van der Waals surface area contributed by atoms with Crippen molar-refractivity contribution in [2.24, 2.45) is 5.41 Å². The first-order valence-electron chi connectivity index (χ1n) is 12.3. The summed E-state index contributed by atoms with van der Waals surface area (Å²) in [7, 11) is 0. The highest BCUT2D eigenvalue weighted by molar-refractivity contribution is 5.67. The standard InChI is InChI=1S/C27H38N6/c1-20-8-6-9-21(2)24(20)25-29-22(3)23(18-32-12-7-10-27(4,5)19-32)26(30-25)33-16-14-31(13-11-28)15-17-33/h6,8-9H,7,10,12-19H2,1-5H3. The maximum atomic E-state index is 9.09. The van der Waals surface area contributed by atoms with Crippen LogP contribution in [0.15, 0.2) is 18.2 Å². The fourth-order valence-electron chi connectivity index (χ4n) is 5.43. The van der Waals surface area contributed by atoms with E-state index in [4.69, 9.17) is 15.2 Å². The molecule has 6 heteroatoms. The maximum Gasteiger partial charge on any atom is 0.162 e. The van der Waals surface area contributed by atoms with Gasteiger partial charge in [-0.1, -0.05) is 32.0 Å². The maximum absolute atomic E-state index is 9.09. The van der Waals surface area contributed by atoms with Gasteiger partial charge in [-0.25, -0.2) is 9.97 Å². The Bertz CT molecular complexity index is 1010. The summed E-state index contributed by atoms with van der Waals surface area (Å²) in [6, 6.07) is 8.68. The van der Waals surface area contributed by atoms with Gasteiger partial charge in [0.1, 0.15) is 5.82 Å². The van der Waals surface area contributed by atoms with Gasteiger partial charge in [0.05, 0.1) is 12.6 Å². The molecule has 0 radical (unpaired) electrons. The van der Waals surface area contributed by atoms with Crippen molar-refractivity contribution in [3.63, 3.8) is 0 Å². The molecule has 2 aliphatic rings. The van der Waals surface area contributed by atoms with Crippen molar-refractivity contribution in [3.05, 3.63) is 40.6 Å². The van der Waals surface area contributed by atoms with E-state index in [0.29, 0.717) is 12.0 Å². The molecule has 0 atom stereocenters. The van der Waals surface area contributed by atoms with E-state index in [9.17, 15) is 0 Å². The highest BCUT2D eigenvalue weighted by Gasteiger charge is 2.29. The van der Waals surface area contributed by atoms with E-state index in [2.05, 4.69) is 73.6 Å². The van der Waals surface area contributed by atoms with Crippen LogP contribution < -0.4 is 4.90 Å². The number of nitriles is 1. The quantitative estimate of drug-likeness (QED) is 0.637. The van der Waals surface area contributed by atoms with E-state index in [0.717, 1.165) is 68.7 Å². The van der Waals surface area contributed by atoms with Crippen molar-refractivity contribution < 1.29 is 0 Å². The zero-order valence-electron chi connectivity index (χ0n) is 21.0. The molecule has 0 spiro atoms. The minimum Gasteiger partial charge on any atom is -0.354 e. The van der Waals surface area contributed by atoms with E-state index >= 15 is 0 Å². The van der Waals surface area contributed by atoms with Crippen molar-refractivity contribution >= 4 is 5.82 Å². The van der Waals surface area contributed by atoms with E-state index in [1.54, 1.807) is 0 Å². The lowest BCUT2D eigenvalue weighted by Gasteiger charge is -2.39. The Labute approximate surface area is 199 Å². The van der Waals surface area contributed by atoms with Gasteiger partial charge < -0.3 is 4.90 Å². The van der Waals surface area contributed by atoms with Crippen molar-refractivity contribution in [2.45, 2.75) is 54.0 Å². The van der Waals surface area contributed by atoms with Crippen molar-refractivity contribution in [1.29, 1.82) is 5.26 Å². The first-order chi connectivity index (χ1) is 15.8. The molecule has 2 aromatic rings. The van der Waals surface area contributed by atoms with Crippen molar-refractivity contribution in [2.75, 3.05) is 50.7 Å². The third kappa shape index (κ3) is 5.37. The Morgan fingerprint density at radius 2 is 1.67 bits per heavy atom. The van der Waals surface area contributed by atoms with Crippen LogP contribution >= 0.6 is 0 Å². The summed E-state index contributed by atoms with van der Waals surface area (Å²) in [5.74, 6) is 1.92. The molecule has 1 aromatic carbocycles. The molecule has 0 N–H and O–H groups in total. The lowest BCUT2D eigenvalue weighted by molar-refractivity contribution is 0.111. The van der Waals surface area contributed by atoms with Gasteiger partial charge in [-0.3, -0.25) is 9.80 Å². The largest absolute Gasteiger partial charge is 0.354 e. The second-order valence-corrected chi connectivity index (χ2v) is 10.6. The van der Waals surface area contributed by atoms with Crippen LogP contribution in [0.1, 0.15) is 49.1 Å². The van der Waals surface area contributed by atoms with Gasteiger partial charge in [-0.15, -0.1) is 0 Å². The molecule has 2 fully saturated rings. The Kier molecular flexibility index (Phi) is 7.02. The Balaban J connectivity index is 1.71. The fraction of sp³-hybridized carbons (Fsp3) is 0.593. The average molecular weight is 447 g/mol. The number of piperazine rings is 1. The second-order valence-electron chi connectivity index (χ2n) is 10.6. The normalized spacial score (nSPS) is 19.5. The molecule has 176 valence electrons. The van der Waals surface area contributed by atoms with Gasteiger partial charge >= 0.3 is 0 Å². The van der Waals surface area contributed by atoms with Gasteiger partial charge in [0.2, 0.25) is 0 Å². The number of hydrogen-bond acceptors (Lipinski definition) is 6. The van der Waals surface area contributed by atoms with Gasteiger partial charge in [0.25, 0.3) is 0 Å². The average Bonchev–Trinajstić information content (AvgIpc) is 2.75. The van der Waals surface area contributed by atoms with Gasteiger partial charge in [-0.2, -0.15) is 5.26 Å². The first-order valence-corrected chi connectivity index (χ1v) is 12.3. The van der Waals surface area contributed by atoms with Crippen LogP contribution in [0.3, 0.4) is 0 Å². The number of anilines is 1. The molecule has 0 aliphatic carbocycles. The number of rotatable bonds is 5. The van der Waals surface area contributed by atoms with Crippen LogP contribution in [-0.4, -0.2) is 65.6 Å². The predicted octanol–water partition coefficient (Wildman–Crippen LogP) is 4.34. The van der Waals surface area contributed by atoms with E-state index in [1.807, 2.05) is 0 Å². The topological polar surface area (TPSA) is 59.3 Å². The van der Waals surface area contributed by atoms with E-state index in [1.165, 1.54) is 29.5 Å². The molecular weight excluding hydrogens is 408 g/mol. The summed E-state index contributed by atoms with van der Waals surface area (Å²) in [5.41, 5.74) is 6.27. The third-order valence-corrected chi connectivity index (χ3v) is 7.22. The zero-order valence-corrected chi connectivity index (χ0v) is 21.0. The molecule has 0 saturated carbocycles. The number of likely N-dealkylation sites (tertiary alicyclic amines) is 1. The van der Waals surface area contributed by atoms with Gasteiger partial charge in [0.15, 0.2) is 5.82 Å². The summed E-state index contributed by atoms with van der Waals surface area (Å²) in [6.07, 6.45) is 2.54. The second kappa shape index (κ2) is 9.79. The van der Waals surface area contributed by atoms with Crippen LogP contribution in [0, 0.1) is 37.5 Å². The van der Waals surface area contributed by atoms with Gasteiger partial charge in [-0.05, 0) is 56.7 Å². The minimum absolute atomic E-state index is 0.355. The number of nitrogens with zero attached hydrogens (tertiary/aromatic N) is 6. The summed E-state index contributed by atoms with van der Waals surface area (Å²) >= 11 is 0. The smallest absolute Gasteiger partial charge is 0.162 e. The Hall–Kier alpha value is -2.49. The zero-order chi connectivity index (χ0) is 23.6. The van der Waals surface area contributed by atoms with Crippen LogP contribution in [0.4, 0.5) is 5.82 Å². The monoisotopic (exact) mass is 446 g/mol. The highest BCUT2D eigenvalue weighted by Crippen LogP contribution is 2.33. The summed E-state index contributed by atoms with van der Waals surface area (Å²) in [4.78, 5) is 17.5. The van der Waals surface area contributed by atoms with Crippen molar-refractivity contribution in [1.82, 2.24) is 19.8 Å². The predicted molar refractivity (Wildman–Crippen MR) is 134 cm³/mol. The van der Waals surface area contributed by atoms with Crippen molar-refractivity contribution in [3.8, 4) is 17.5 Å². The van der Waals surface area contributed by atoms with Crippen LogP contribution in [0.25, 0.3) is 11.4 Å². The molecule has 6 nitrogen and oxygen atoms in total. The van der Waals surface area contributed by atoms with Crippen LogP contribution in [0.5, 0.6) is 0 Å². The minimum atomic E-state index is 0.355. The Morgan fingerprint density at radius 1 is 0.970 bits per heavy atom. The molecule has 3 heterocycles. The molecule has 4 rings (SSSR count). The molecule has 0 unspecified atom stereocenters. The lowest BCUT2D eigenvalue weighted by Crippen LogP contribution is -2.47. The number of hydrogen-bond donors (Lipinski definition) is 0. The summed E-state index contributed by atoms with van der Waals surface area (Å²) in [5, 5.41) is 9.09. The molecule has 0 amide bonds. The van der Waals surface area contributed by atoms with Crippen LogP contribution in [0.2, 0.25) is 0 Å². The van der Waals surface area contributed by atoms with Gasteiger partial charge in [0, 0.05) is 56.1 Å². The Morgan fingerprint density at radius 3 is 2.30 bits per heavy atom. The number of piperidine rings is 1. The highest BCUT2D eigenvalue weighted by atomic mass is 15.3. The first kappa shape index (κ1) is 23.7. The SMILES string of the molecule is Cc1cccc(C)c1-c1nc(C)c(CN2CCCC(C)(C)C2)c(N2CCN(CC#N)CC2)n1.